The van der Waals surface area contributed by atoms with Crippen molar-refractivity contribution in [2.45, 2.75) is 70.2 Å². The highest BCUT2D eigenvalue weighted by Crippen LogP contribution is 2.33. The molecule has 0 radical (unpaired) electrons. The molecule has 3 amide bonds. The summed E-state index contributed by atoms with van der Waals surface area (Å²) in [7, 11) is 0. The summed E-state index contributed by atoms with van der Waals surface area (Å²) in [6.07, 6.45) is 0.444. The van der Waals surface area contributed by atoms with Gasteiger partial charge in [0.15, 0.2) is 6.10 Å². The number of nitrogens with two attached hydrogens (primary N) is 1. The molecule has 0 saturated heterocycles. The minimum atomic E-state index is -1.55. The average molecular weight is 405 g/mol. The van der Waals surface area contributed by atoms with Gasteiger partial charge in [-0.25, -0.2) is 4.79 Å². The van der Waals surface area contributed by atoms with Crippen molar-refractivity contribution in [1.29, 1.82) is 0 Å². The molecule has 8 nitrogen and oxygen atoms in total. The number of aliphatic hydroxyl groups excluding tert-OH is 1. The number of carbonyl (C=O) groups is 3. The quantitative estimate of drug-likeness (QED) is 0.491. The lowest BCUT2D eigenvalue weighted by molar-refractivity contribution is -0.130. The largest absolute Gasteiger partial charge is 0.444 e. The van der Waals surface area contributed by atoms with Crippen molar-refractivity contribution >= 4 is 17.9 Å². The Morgan fingerprint density at radius 1 is 1.17 bits per heavy atom. The molecule has 1 aliphatic carbocycles. The topological polar surface area (TPSA) is 131 Å². The molecule has 1 saturated carbocycles. The normalized spacial score (nSPS) is 17.0. The Labute approximate surface area is 171 Å². The summed E-state index contributed by atoms with van der Waals surface area (Å²) in [4.78, 5) is 36.6. The zero-order valence-electron chi connectivity index (χ0n) is 17.2. The molecular weight excluding hydrogens is 374 g/mol. The van der Waals surface area contributed by atoms with Crippen LogP contribution in [0.3, 0.4) is 0 Å². The maximum atomic E-state index is 12.9. The van der Waals surface area contributed by atoms with Crippen molar-refractivity contribution in [3.63, 3.8) is 0 Å². The highest BCUT2D eigenvalue weighted by atomic mass is 16.6. The van der Waals surface area contributed by atoms with Gasteiger partial charge < -0.3 is 26.2 Å². The molecule has 3 atom stereocenters. The Balaban J connectivity index is 2.09. The van der Waals surface area contributed by atoms with Crippen molar-refractivity contribution in [3.8, 4) is 0 Å². The Hall–Kier alpha value is -2.61. The van der Waals surface area contributed by atoms with Crippen molar-refractivity contribution < 1.29 is 24.2 Å². The van der Waals surface area contributed by atoms with Crippen molar-refractivity contribution in [3.05, 3.63) is 35.9 Å². The van der Waals surface area contributed by atoms with Crippen LogP contribution in [0.15, 0.2) is 30.3 Å². The number of ether oxygens (including phenoxy) is 1. The summed E-state index contributed by atoms with van der Waals surface area (Å²) in [6.45, 7) is 5.21. The molecule has 1 aromatic carbocycles. The summed E-state index contributed by atoms with van der Waals surface area (Å²) in [5.41, 5.74) is 5.39. The van der Waals surface area contributed by atoms with Crippen LogP contribution in [0, 0.1) is 5.92 Å². The van der Waals surface area contributed by atoms with Crippen LogP contribution in [0.4, 0.5) is 4.79 Å². The number of hydrogen-bond donors (Lipinski definition) is 4. The Morgan fingerprint density at radius 2 is 1.79 bits per heavy atom. The van der Waals surface area contributed by atoms with Crippen molar-refractivity contribution in [2.75, 3.05) is 0 Å². The highest BCUT2D eigenvalue weighted by Gasteiger charge is 2.34. The first-order chi connectivity index (χ1) is 13.5. The maximum absolute atomic E-state index is 12.9. The number of benzene rings is 1. The van der Waals surface area contributed by atoms with Gasteiger partial charge in [0, 0.05) is 0 Å². The molecule has 0 aromatic heterocycles. The molecule has 8 heteroatoms. The fourth-order valence-corrected chi connectivity index (χ4v) is 2.96. The molecular formula is C21H31N3O5. The zero-order valence-corrected chi connectivity index (χ0v) is 17.2. The lowest BCUT2D eigenvalue weighted by Crippen LogP contribution is -2.56. The minimum absolute atomic E-state index is 0.222. The van der Waals surface area contributed by atoms with E-state index in [2.05, 4.69) is 10.6 Å². The average Bonchev–Trinajstić information content (AvgIpc) is 3.43. The summed E-state index contributed by atoms with van der Waals surface area (Å²) >= 11 is 0. The van der Waals surface area contributed by atoms with Crippen molar-refractivity contribution in [2.24, 2.45) is 11.7 Å². The van der Waals surface area contributed by atoms with Crippen LogP contribution in [0.1, 0.15) is 45.6 Å². The van der Waals surface area contributed by atoms with Gasteiger partial charge in [-0.3, -0.25) is 9.59 Å². The van der Waals surface area contributed by atoms with Crippen LogP contribution in [-0.2, 0) is 20.7 Å². The molecule has 1 aromatic rings. The zero-order chi connectivity index (χ0) is 21.6. The minimum Gasteiger partial charge on any atom is -0.444 e. The molecule has 5 N–H and O–H groups in total. The van der Waals surface area contributed by atoms with E-state index in [1.165, 1.54) is 0 Å². The lowest BCUT2D eigenvalue weighted by Gasteiger charge is -2.27. The summed E-state index contributed by atoms with van der Waals surface area (Å²) in [5, 5.41) is 15.5. The number of aliphatic hydroxyl groups is 1. The number of amides is 3. The molecule has 3 unspecified atom stereocenters. The second-order valence-electron chi connectivity index (χ2n) is 8.53. The fourth-order valence-electron chi connectivity index (χ4n) is 2.96. The number of alkyl carbamates (subject to hydrolysis) is 1. The van der Waals surface area contributed by atoms with E-state index in [1.807, 2.05) is 30.3 Å². The standard InChI is InChI=1S/C21H31N3O5/c1-21(2,3)29-20(28)24-16(12-14-9-10-14)19(27)23-15(17(25)18(22)26)11-13-7-5-4-6-8-13/h4-8,14-17,25H,9-12H2,1-3H3,(H2,22,26)(H,23,27)(H,24,28). The first kappa shape index (κ1) is 22.7. The van der Waals surface area contributed by atoms with Gasteiger partial charge in [-0.1, -0.05) is 43.2 Å². The number of primary amides is 1. The van der Waals surface area contributed by atoms with Crippen LogP contribution in [0.2, 0.25) is 0 Å². The first-order valence-corrected chi connectivity index (χ1v) is 9.86. The van der Waals surface area contributed by atoms with Gasteiger partial charge in [0.2, 0.25) is 11.8 Å². The van der Waals surface area contributed by atoms with E-state index in [4.69, 9.17) is 10.5 Å². The van der Waals surface area contributed by atoms with Gasteiger partial charge in [-0.05, 0) is 45.1 Å². The molecule has 1 aliphatic rings. The number of nitrogens with one attached hydrogen (secondary N) is 2. The van der Waals surface area contributed by atoms with Crippen LogP contribution >= 0.6 is 0 Å². The maximum Gasteiger partial charge on any atom is 0.408 e. The van der Waals surface area contributed by atoms with Gasteiger partial charge in [0.1, 0.15) is 11.6 Å². The Morgan fingerprint density at radius 3 is 2.31 bits per heavy atom. The molecule has 0 bridgehead atoms. The van der Waals surface area contributed by atoms with Gasteiger partial charge in [0.25, 0.3) is 0 Å². The van der Waals surface area contributed by atoms with Gasteiger partial charge in [-0.15, -0.1) is 0 Å². The van der Waals surface area contributed by atoms with Crippen molar-refractivity contribution in [1.82, 2.24) is 10.6 Å². The number of hydrogen-bond acceptors (Lipinski definition) is 5. The monoisotopic (exact) mass is 405 g/mol. The molecule has 2 rings (SSSR count). The number of carbonyl (C=O) groups excluding carboxylic acids is 3. The molecule has 0 spiro atoms. The van der Waals surface area contributed by atoms with E-state index in [0.29, 0.717) is 12.3 Å². The number of rotatable bonds is 9. The molecule has 0 aliphatic heterocycles. The second kappa shape index (κ2) is 9.73. The molecule has 160 valence electrons. The Bertz CT molecular complexity index is 713. The van der Waals surface area contributed by atoms with Crippen LogP contribution in [-0.4, -0.2) is 46.8 Å². The van der Waals surface area contributed by atoms with Crippen LogP contribution in [0.5, 0.6) is 0 Å². The van der Waals surface area contributed by atoms with E-state index < -0.39 is 41.7 Å². The van der Waals surface area contributed by atoms with Crippen LogP contribution in [0.25, 0.3) is 0 Å². The fraction of sp³-hybridized carbons (Fsp3) is 0.571. The van der Waals surface area contributed by atoms with E-state index in [1.54, 1.807) is 20.8 Å². The third-order valence-corrected chi connectivity index (χ3v) is 4.57. The summed E-state index contributed by atoms with van der Waals surface area (Å²) in [5.74, 6) is -1.05. The van der Waals surface area contributed by atoms with Crippen LogP contribution < -0.4 is 16.4 Å². The third-order valence-electron chi connectivity index (χ3n) is 4.57. The van der Waals surface area contributed by atoms with Gasteiger partial charge in [0.05, 0.1) is 6.04 Å². The molecule has 29 heavy (non-hydrogen) atoms. The third kappa shape index (κ3) is 8.11. The molecule has 1 fully saturated rings. The second-order valence-corrected chi connectivity index (χ2v) is 8.53. The highest BCUT2D eigenvalue weighted by molar-refractivity contribution is 5.87. The lowest BCUT2D eigenvalue weighted by atomic mass is 9.99. The predicted molar refractivity (Wildman–Crippen MR) is 108 cm³/mol. The summed E-state index contributed by atoms with van der Waals surface area (Å²) in [6, 6.07) is 7.41. The van der Waals surface area contributed by atoms with E-state index in [-0.39, 0.29) is 6.42 Å². The van der Waals surface area contributed by atoms with Gasteiger partial charge in [-0.2, -0.15) is 0 Å². The SMILES string of the molecule is CC(C)(C)OC(=O)NC(CC1CC1)C(=O)NC(Cc1ccccc1)C(O)C(N)=O. The summed E-state index contributed by atoms with van der Waals surface area (Å²) < 4.78 is 5.25. The van der Waals surface area contributed by atoms with E-state index in [0.717, 1.165) is 18.4 Å². The molecule has 0 heterocycles. The Kier molecular flexibility index (Phi) is 7.61. The van der Waals surface area contributed by atoms with E-state index in [9.17, 15) is 19.5 Å². The van der Waals surface area contributed by atoms with E-state index >= 15 is 0 Å². The van der Waals surface area contributed by atoms with Gasteiger partial charge >= 0.3 is 6.09 Å². The predicted octanol–water partition coefficient (Wildman–Crippen LogP) is 1.25. The smallest absolute Gasteiger partial charge is 0.408 e. The first-order valence-electron chi connectivity index (χ1n) is 9.86.